The Morgan fingerprint density at radius 1 is 0.886 bits per heavy atom. The van der Waals surface area contributed by atoms with E-state index < -0.39 is 46.3 Å². The molecule has 0 saturated heterocycles. The third-order valence-corrected chi connectivity index (χ3v) is 6.36. The molecule has 0 N–H and O–H groups in total. The van der Waals surface area contributed by atoms with E-state index in [9.17, 15) is 26.3 Å². The van der Waals surface area contributed by atoms with E-state index >= 15 is 0 Å². The molecule has 1 nitrogen and oxygen atoms in total. The Balaban J connectivity index is 1.61. The molecule has 3 aromatic rings. The molecule has 0 spiro atoms. The summed E-state index contributed by atoms with van der Waals surface area (Å²) in [7, 11) is 0. The number of hydrogen-bond acceptors (Lipinski definition) is 1. The Morgan fingerprint density at radius 3 is 2.11 bits per heavy atom. The standard InChI is InChI=1S/C28H24F6O/c1-3-5-6-16-9-17-7-8-18(11-19(17)10-16)20-12-25(31)27(26(32)13-20)28(33,34)35-21-14-23(29)22(4-2)24(30)15-21/h4,7-8,11-16H,2-3,5-6,9-10H2,1H3. The van der Waals surface area contributed by atoms with Gasteiger partial charge in [-0.2, -0.15) is 8.78 Å². The lowest BCUT2D eigenvalue weighted by molar-refractivity contribution is -0.189. The van der Waals surface area contributed by atoms with Gasteiger partial charge in [-0.1, -0.05) is 50.6 Å². The largest absolute Gasteiger partial charge is 0.432 e. The summed E-state index contributed by atoms with van der Waals surface area (Å²) in [6.45, 7) is 5.36. The maximum absolute atomic E-state index is 14.8. The smallest absolute Gasteiger partial charge is 0.429 e. The molecule has 0 fully saturated rings. The van der Waals surface area contributed by atoms with Gasteiger partial charge < -0.3 is 4.74 Å². The zero-order chi connectivity index (χ0) is 25.3. The van der Waals surface area contributed by atoms with Gasteiger partial charge in [0.1, 0.15) is 34.6 Å². The summed E-state index contributed by atoms with van der Waals surface area (Å²) >= 11 is 0. The predicted octanol–water partition coefficient (Wildman–Crippen LogP) is 8.59. The number of alkyl halides is 2. The molecule has 1 unspecified atom stereocenters. The molecule has 0 heterocycles. The first-order valence-corrected chi connectivity index (χ1v) is 11.4. The van der Waals surface area contributed by atoms with Gasteiger partial charge in [0, 0.05) is 17.7 Å². The Labute approximate surface area is 200 Å². The second-order valence-electron chi connectivity index (χ2n) is 8.84. The van der Waals surface area contributed by atoms with E-state index in [1.54, 1.807) is 6.07 Å². The number of fused-ring (bicyclic) bond motifs is 1. The van der Waals surface area contributed by atoms with E-state index in [4.69, 9.17) is 0 Å². The van der Waals surface area contributed by atoms with Crippen LogP contribution in [0.15, 0.2) is 49.0 Å². The van der Waals surface area contributed by atoms with E-state index in [0.717, 1.165) is 55.9 Å². The molecule has 0 saturated carbocycles. The van der Waals surface area contributed by atoms with Gasteiger partial charge in [0.25, 0.3) is 0 Å². The van der Waals surface area contributed by atoms with Crippen LogP contribution in [-0.2, 0) is 19.0 Å². The highest BCUT2D eigenvalue weighted by Gasteiger charge is 2.41. The van der Waals surface area contributed by atoms with Crippen molar-refractivity contribution in [2.45, 2.75) is 45.1 Å². The van der Waals surface area contributed by atoms with Crippen molar-refractivity contribution in [2.24, 2.45) is 5.92 Å². The molecular formula is C28H24F6O. The highest BCUT2D eigenvalue weighted by Crippen LogP contribution is 2.39. The van der Waals surface area contributed by atoms with Crippen LogP contribution in [0.1, 0.15) is 48.4 Å². The molecule has 0 aliphatic heterocycles. The quantitative estimate of drug-likeness (QED) is 0.287. The Hall–Kier alpha value is -3.22. The minimum absolute atomic E-state index is 0.104. The number of hydrogen-bond donors (Lipinski definition) is 0. The number of ether oxygens (including phenoxy) is 1. The third kappa shape index (κ3) is 5.09. The van der Waals surface area contributed by atoms with Crippen molar-refractivity contribution in [3.63, 3.8) is 0 Å². The van der Waals surface area contributed by atoms with Gasteiger partial charge in [-0.25, -0.2) is 17.6 Å². The van der Waals surface area contributed by atoms with Gasteiger partial charge in [0.05, 0.1) is 0 Å². The summed E-state index contributed by atoms with van der Waals surface area (Å²) in [6, 6.07) is 8.08. The molecule has 184 valence electrons. The zero-order valence-electron chi connectivity index (χ0n) is 19.1. The lowest BCUT2D eigenvalue weighted by Gasteiger charge is -2.20. The molecule has 1 aliphatic carbocycles. The van der Waals surface area contributed by atoms with Crippen LogP contribution < -0.4 is 4.74 Å². The van der Waals surface area contributed by atoms with Crippen LogP contribution in [0.2, 0.25) is 0 Å². The molecule has 0 aromatic heterocycles. The fourth-order valence-corrected chi connectivity index (χ4v) is 4.62. The fourth-order valence-electron chi connectivity index (χ4n) is 4.62. The van der Waals surface area contributed by atoms with Gasteiger partial charge in [-0.05, 0) is 59.6 Å². The molecule has 1 aliphatic rings. The SMILES string of the molecule is C=Cc1c(F)cc(OC(F)(F)c2c(F)cc(-c3ccc4c(c3)CC(CCCC)C4)cc2F)cc1F. The minimum atomic E-state index is -4.52. The summed E-state index contributed by atoms with van der Waals surface area (Å²) in [6.07, 6.45) is 1.53. The van der Waals surface area contributed by atoms with Crippen molar-refractivity contribution in [1.29, 1.82) is 0 Å². The van der Waals surface area contributed by atoms with Crippen LogP contribution in [0.3, 0.4) is 0 Å². The van der Waals surface area contributed by atoms with E-state index in [2.05, 4.69) is 18.2 Å². The summed E-state index contributed by atoms with van der Waals surface area (Å²) in [5.74, 6) is -5.85. The third-order valence-electron chi connectivity index (χ3n) is 6.36. The van der Waals surface area contributed by atoms with Gasteiger partial charge in [0.15, 0.2) is 0 Å². The van der Waals surface area contributed by atoms with Gasteiger partial charge in [-0.15, -0.1) is 0 Å². The first-order chi connectivity index (χ1) is 16.6. The average molecular weight is 490 g/mol. The van der Waals surface area contributed by atoms with Crippen molar-refractivity contribution in [1.82, 2.24) is 0 Å². The average Bonchev–Trinajstić information content (AvgIpc) is 3.18. The fraction of sp³-hybridized carbons (Fsp3) is 0.286. The van der Waals surface area contributed by atoms with Crippen LogP contribution in [0.5, 0.6) is 5.75 Å². The molecule has 35 heavy (non-hydrogen) atoms. The molecule has 0 bridgehead atoms. The number of benzene rings is 3. The number of halogens is 6. The Kier molecular flexibility index (Phi) is 6.97. The highest BCUT2D eigenvalue weighted by molar-refractivity contribution is 5.66. The second-order valence-corrected chi connectivity index (χ2v) is 8.84. The topological polar surface area (TPSA) is 9.23 Å². The Morgan fingerprint density at radius 2 is 1.51 bits per heavy atom. The second kappa shape index (κ2) is 9.80. The predicted molar refractivity (Wildman–Crippen MR) is 123 cm³/mol. The Bertz CT molecular complexity index is 1220. The van der Waals surface area contributed by atoms with Gasteiger partial charge in [0.2, 0.25) is 0 Å². The first-order valence-electron chi connectivity index (χ1n) is 11.4. The van der Waals surface area contributed by atoms with E-state index in [1.807, 2.05) is 12.1 Å². The monoisotopic (exact) mass is 490 g/mol. The highest BCUT2D eigenvalue weighted by atomic mass is 19.3. The van der Waals surface area contributed by atoms with Crippen LogP contribution in [0.25, 0.3) is 17.2 Å². The lowest BCUT2D eigenvalue weighted by atomic mass is 9.98. The van der Waals surface area contributed by atoms with Crippen molar-refractivity contribution >= 4 is 6.08 Å². The molecule has 0 amide bonds. The van der Waals surface area contributed by atoms with Crippen LogP contribution in [-0.4, -0.2) is 0 Å². The number of rotatable bonds is 8. The summed E-state index contributed by atoms with van der Waals surface area (Å²) in [4.78, 5) is 0. The number of unbranched alkanes of at least 4 members (excludes halogenated alkanes) is 1. The molecular weight excluding hydrogens is 466 g/mol. The summed E-state index contributed by atoms with van der Waals surface area (Å²) in [5.41, 5.74) is 0.719. The van der Waals surface area contributed by atoms with E-state index in [0.29, 0.717) is 23.6 Å². The van der Waals surface area contributed by atoms with Gasteiger partial charge in [-0.3, -0.25) is 0 Å². The molecule has 4 rings (SSSR count). The normalized spacial score (nSPS) is 15.2. The summed E-state index contributed by atoms with van der Waals surface area (Å²) in [5, 5.41) is 0. The van der Waals surface area contributed by atoms with Crippen LogP contribution >= 0.6 is 0 Å². The molecule has 0 radical (unpaired) electrons. The van der Waals surface area contributed by atoms with E-state index in [-0.39, 0.29) is 5.56 Å². The van der Waals surface area contributed by atoms with Gasteiger partial charge >= 0.3 is 6.11 Å². The van der Waals surface area contributed by atoms with Crippen LogP contribution in [0, 0.1) is 29.2 Å². The molecule has 1 atom stereocenters. The minimum Gasteiger partial charge on any atom is -0.429 e. The van der Waals surface area contributed by atoms with Crippen molar-refractivity contribution in [2.75, 3.05) is 0 Å². The molecule has 3 aromatic carbocycles. The maximum Gasteiger partial charge on any atom is 0.432 e. The summed E-state index contributed by atoms with van der Waals surface area (Å²) < 4.78 is 91.1. The zero-order valence-corrected chi connectivity index (χ0v) is 19.1. The van der Waals surface area contributed by atoms with Crippen molar-refractivity contribution in [3.8, 4) is 16.9 Å². The van der Waals surface area contributed by atoms with Crippen molar-refractivity contribution in [3.05, 3.63) is 94.6 Å². The first kappa shape index (κ1) is 24.9. The van der Waals surface area contributed by atoms with Crippen molar-refractivity contribution < 1.29 is 31.1 Å². The van der Waals surface area contributed by atoms with E-state index in [1.165, 1.54) is 5.56 Å². The maximum atomic E-state index is 14.8. The van der Waals surface area contributed by atoms with Crippen LogP contribution in [0.4, 0.5) is 26.3 Å². The molecule has 7 heteroatoms. The lowest BCUT2D eigenvalue weighted by Crippen LogP contribution is -2.25.